The summed E-state index contributed by atoms with van der Waals surface area (Å²) in [6, 6.07) is -1.21. The minimum Gasteiger partial charge on any atom is -0.477 e. The summed E-state index contributed by atoms with van der Waals surface area (Å²) >= 11 is 0. The third kappa shape index (κ3) is 9.32. The van der Waals surface area contributed by atoms with Gasteiger partial charge in [-0.25, -0.2) is 4.79 Å². The number of ether oxygens (including phenoxy) is 6. The zero-order valence-corrected chi connectivity index (χ0v) is 27.2. The average molecular weight is 772 g/mol. The molecule has 19 N–H and O–H groups in total. The van der Waals surface area contributed by atoms with Gasteiger partial charge in [0.15, 0.2) is 12.6 Å². The van der Waals surface area contributed by atoms with Crippen molar-refractivity contribution in [3.8, 4) is 0 Å². The second kappa shape index (κ2) is 18.5. The van der Waals surface area contributed by atoms with Crippen molar-refractivity contribution in [2.24, 2.45) is 5.73 Å². The van der Waals surface area contributed by atoms with Crippen LogP contribution in [0.1, 0.15) is 6.42 Å². The molecule has 0 aliphatic carbocycles. The first kappa shape index (κ1) is 44.9. The fourth-order valence-electron chi connectivity index (χ4n) is 5.77. The SMILES string of the molecule is N[C@H]1[C@H]([C@H](O)[C@H](O)CO)O[C@](O)(C(=O)O)C[C@@H]1O.OC[C@H]1O[C@H](OC[C@H]2O[C@H](O[C@]3(CO)O[C@H](CO)[C@@H](O)[C@@H]3O)[C@H](O)[C@@H](O)[C@@H]2O)[C@H](O)[C@@H](O)[C@H]1O. The van der Waals surface area contributed by atoms with Crippen LogP contribution in [0.4, 0.5) is 0 Å². The van der Waals surface area contributed by atoms with Crippen LogP contribution in [0.15, 0.2) is 0 Å². The summed E-state index contributed by atoms with van der Waals surface area (Å²) < 4.78 is 31.2. The summed E-state index contributed by atoms with van der Waals surface area (Å²) in [6.45, 7) is -3.95. The van der Waals surface area contributed by atoms with E-state index in [4.69, 9.17) is 44.4 Å². The van der Waals surface area contributed by atoms with Gasteiger partial charge in [-0.1, -0.05) is 0 Å². The highest BCUT2D eigenvalue weighted by Gasteiger charge is 2.59. The topological polar surface area (TPSA) is 442 Å². The summed E-state index contributed by atoms with van der Waals surface area (Å²) in [5, 5.41) is 164. The Bertz CT molecular complexity index is 1130. The lowest BCUT2D eigenvalue weighted by atomic mass is 9.89. The van der Waals surface area contributed by atoms with Crippen LogP contribution in [-0.4, -0.2) is 248 Å². The van der Waals surface area contributed by atoms with Gasteiger partial charge in [-0.2, -0.15) is 0 Å². The van der Waals surface area contributed by atoms with E-state index in [1.165, 1.54) is 0 Å². The minimum absolute atomic E-state index is 0.634. The Hall–Kier alpha value is -1.45. The molecule has 4 heterocycles. The van der Waals surface area contributed by atoms with E-state index in [1.54, 1.807) is 0 Å². The van der Waals surface area contributed by atoms with E-state index in [0.29, 0.717) is 0 Å². The van der Waals surface area contributed by atoms with Crippen LogP contribution in [0.2, 0.25) is 0 Å². The van der Waals surface area contributed by atoms with Gasteiger partial charge in [0.2, 0.25) is 5.79 Å². The standard InChI is InChI=1S/C18H32O16.C9H17NO8/c19-1-5-8(22)11(25)13(27)16(31-5)30-3-7-9(23)12(26)14(28)17(32-7)34-18(4-21)15(29)10(24)6(2-20)33-18;10-5-3(12)1-9(17,8(15)16)18-7(5)6(14)4(13)2-11/h5-17,19-29H,1-4H2;3-7,11-14,17H,1-2,10H2,(H,15,16)/t5-,6-,7-,8+,9-,10-,11+,12+,13-,14-,15+,16+,17-,18+;3-,4+,5+,6+,7+,9-/m10/s1. The van der Waals surface area contributed by atoms with Crippen molar-refractivity contribution in [1.82, 2.24) is 0 Å². The number of aliphatic hydroxyl groups is 16. The first-order chi connectivity index (χ1) is 24.2. The zero-order valence-electron chi connectivity index (χ0n) is 27.2. The van der Waals surface area contributed by atoms with Crippen molar-refractivity contribution in [1.29, 1.82) is 0 Å². The number of hydrogen-bond donors (Lipinski definition) is 18. The molecule has 52 heavy (non-hydrogen) atoms. The van der Waals surface area contributed by atoms with Crippen LogP contribution in [0, 0.1) is 0 Å². The number of rotatable bonds is 12. The molecule has 0 spiro atoms. The van der Waals surface area contributed by atoms with E-state index in [9.17, 15) is 81.4 Å². The molecule has 25 nitrogen and oxygen atoms in total. The van der Waals surface area contributed by atoms with Gasteiger partial charge in [0.05, 0.1) is 38.6 Å². The van der Waals surface area contributed by atoms with Gasteiger partial charge < -0.3 is 121 Å². The molecule has 20 atom stereocenters. The lowest BCUT2D eigenvalue weighted by molar-refractivity contribution is -0.388. The van der Waals surface area contributed by atoms with Gasteiger partial charge in [0.25, 0.3) is 5.79 Å². The molecule has 4 aliphatic rings. The van der Waals surface area contributed by atoms with Crippen molar-refractivity contribution in [2.75, 3.05) is 33.0 Å². The zero-order chi connectivity index (χ0) is 39.5. The largest absolute Gasteiger partial charge is 0.477 e. The van der Waals surface area contributed by atoms with Crippen molar-refractivity contribution in [3.05, 3.63) is 0 Å². The first-order valence-electron chi connectivity index (χ1n) is 15.8. The molecule has 0 aromatic rings. The van der Waals surface area contributed by atoms with E-state index in [2.05, 4.69) is 0 Å². The Morgan fingerprint density at radius 2 is 1.29 bits per heavy atom. The van der Waals surface area contributed by atoms with Crippen LogP contribution >= 0.6 is 0 Å². The molecule has 306 valence electrons. The van der Waals surface area contributed by atoms with E-state index in [-0.39, 0.29) is 0 Å². The number of aliphatic carboxylic acids is 1. The monoisotopic (exact) mass is 771 g/mol. The van der Waals surface area contributed by atoms with Crippen LogP contribution < -0.4 is 5.73 Å². The Morgan fingerprint density at radius 3 is 1.79 bits per heavy atom. The molecular formula is C27H49NO24. The summed E-state index contributed by atoms with van der Waals surface area (Å²) in [4.78, 5) is 10.8. The Labute approximate surface area is 293 Å². The number of carboxylic acids is 1. The van der Waals surface area contributed by atoms with Gasteiger partial charge in [0.1, 0.15) is 92.1 Å². The summed E-state index contributed by atoms with van der Waals surface area (Å²) in [6.07, 6.45) is -28.8. The third-order valence-electron chi connectivity index (χ3n) is 9.06. The Kier molecular flexibility index (Phi) is 16.0. The van der Waals surface area contributed by atoms with Crippen molar-refractivity contribution in [3.63, 3.8) is 0 Å². The molecule has 0 radical (unpaired) electrons. The molecule has 0 bridgehead atoms. The lowest BCUT2D eigenvalue weighted by Gasteiger charge is -2.44. The molecule has 4 fully saturated rings. The Balaban J connectivity index is 0.000000341. The van der Waals surface area contributed by atoms with Crippen molar-refractivity contribution >= 4 is 5.97 Å². The van der Waals surface area contributed by atoms with Crippen molar-refractivity contribution < 1.29 is 120 Å². The van der Waals surface area contributed by atoms with Crippen LogP contribution in [0.3, 0.4) is 0 Å². The number of aliphatic hydroxyl groups excluding tert-OH is 15. The fraction of sp³-hybridized carbons (Fsp3) is 0.963. The molecular weight excluding hydrogens is 722 g/mol. The smallest absolute Gasteiger partial charge is 0.364 e. The number of nitrogens with two attached hydrogens (primary N) is 1. The molecule has 0 aromatic carbocycles. The van der Waals surface area contributed by atoms with Crippen molar-refractivity contribution in [2.45, 2.75) is 128 Å². The Morgan fingerprint density at radius 1 is 0.750 bits per heavy atom. The molecule has 0 amide bonds. The van der Waals surface area contributed by atoms with E-state index >= 15 is 0 Å². The second-order valence-electron chi connectivity index (χ2n) is 12.7. The normalized spacial score (nSPS) is 48.0. The predicted molar refractivity (Wildman–Crippen MR) is 156 cm³/mol. The maximum absolute atomic E-state index is 10.8. The predicted octanol–water partition coefficient (Wildman–Crippen LogP) is -11.6. The third-order valence-corrected chi connectivity index (χ3v) is 9.06. The molecule has 4 rings (SSSR count). The maximum atomic E-state index is 10.8. The fourth-order valence-corrected chi connectivity index (χ4v) is 5.77. The average Bonchev–Trinajstić information content (AvgIpc) is 3.36. The summed E-state index contributed by atoms with van der Waals surface area (Å²) in [7, 11) is 0. The highest BCUT2D eigenvalue weighted by molar-refractivity contribution is 5.75. The number of carbonyl (C=O) groups is 1. The first-order valence-corrected chi connectivity index (χ1v) is 15.8. The van der Waals surface area contributed by atoms with Gasteiger partial charge >= 0.3 is 5.97 Å². The summed E-state index contributed by atoms with van der Waals surface area (Å²) in [5.74, 6) is -6.80. The minimum atomic E-state index is -2.70. The number of hydrogen-bond acceptors (Lipinski definition) is 24. The van der Waals surface area contributed by atoms with Crippen LogP contribution in [-0.2, 0) is 33.2 Å². The molecule has 0 aromatic heterocycles. The second-order valence-corrected chi connectivity index (χ2v) is 12.7. The maximum Gasteiger partial charge on any atom is 0.364 e. The molecule has 0 unspecified atom stereocenters. The van der Waals surface area contributed by atoms with E-state index in [1.807, 2.05) is 0 Å². The van der Waals surface area contributed by atoms with Gasteiger partial charge in [-0.3, -0.25) is 0 Å². The molecule has 0 saturated carbocycles. The quantitative estimate of drug-likeness (QED) is 0.0875. The van der Waals surface area contributed by atoms with E-state index < -0.39 is 167 Å². The van der Waals surface area contributed by atoms with E-state index in [0.717, 1.165) is 0 Å². The number of carboxylic acid groups (broad SMARTS) is 1. The molecule has 25 heteroatoms. The highest BCUT2D eigenvalue weighted by atomic mass is 16.8. The molecule has 4 aliphatic heterocycles. The van der Waals surface area contributed by atoms with Gasteiger partial charge in [0, 0.05) is 6.42 Å². The van der Waals surface area contributed by atoms with Gasteiger partial charge in [-0.15, -0.1) is 0 Å². The lowest BCUT2D eigenvalue weighted by Crippen LogP contribution is -2.65. The van der Waals surface area contributed by atoms with Gasteiger partial charge in [-0.05, 0) is 0 Å². The van der Waals surface area contributed by atoms with Crippen LogP contribution in [0.25, 0.3) is 0 Å². The molecule has 4 saturated heterocycles. The van der Waals surface area contributed by atoms with Crippen LogP contribution in [0.5, 0.6) is 0 Å². The highest BCUT2D eigenvalue weighted by Crippen LogP contribution is 2.36. The summed E-state index contributed by atoms with van der Waals surface area (Å²) in [5.41, 5.74) is 5.51.